The molecule has 2 fully saturated rings. The molecule has 0 spiro atoms. The maximum Gasteiger partial charge on any atom is 0.225 e. The van der Waals surface area contributed by atoms with Gasteiger partial charge in [-0.2, -0.15) is 0 Å². The van der Waals surface area contributed by atoms with E-state index in [1.54, 1.807) is 12.3 Å². The zero-order valence-electron chi connectivity index (χ0n) is 13.2. The lowest BCUT2D eigenvalue weighted by Crippen LogP contribution is -2.50. The number of halogens is 3. The molecule has 1 aromatic rings. The van der Waals surface area contributed by atoms with Crippen molar-refractivity contribution in [2.75, 3.05) is 31.1 Å². The van der Waals surface area contributed by atoms with Crippen LogP contribution in [-0.4, -0.2) is 59.2 Å². The van der Waals surface area contributed by atoms with E-state index in [1.807, 2.05) is 11.0 Å². The average molecular weight is 398 g/mol. The molecule has 0 bridgehead atoms. The van der Waals surface area contributed by atoms with Gasteiger partial charge in [-0.05, 0) is 25.0 Å². The fraction of sp³-hybridized carbons (Fsp3) is 0.600. The summed E-state index contributed by atoms with van der Waals surface area (Å²) in [7, 11) is 0. The summed E-state index contributed by atoms with van der Waals surface area (Å²) < 4.78 is 0. The zero-order chi connectivity index (χ0) is 15.7. The summed E-state index contributed by atoms with van der Waals surface area (Å²) in [5, 5.41) is 10.3. The molecular weight excluding hydrogens is 375 g/mol. The SMILES string of the molecule is Cl.Cl.N[C@H]1C[C@H](C(=O)N2CCN(c3ncccc3Cl)CC2)C[C@@H]1O. The Morgan fingerprint density at radius 1 is 1.25 bits per heavy atom. The van der Waals surface area contributed by atoms with Crippen molar-refractivity contribution >= 4 is 48.1 Å². The second-order valence-electron chi connectivity index (χ2n) is 6.02. The van der Waals surface area contributed by atoms with Gasteiger partial charge in [0.1, 0.15) is 5.82 Å². The van der Waals surface area contributed by atoms with Crippen molar-refractivity contribution in [2.24, 2.45) is 11.7 Å². The van der Waals surface area contributed by atoms with Crippen molar-refractivity contribution in [3.05, 3.63) is 23.4 Å². The highest BCUT2D eigenvalue weighted by Crippen LogP contribution is 2.28. The van der Waals surface area contributed by atoms with Crippen LogP contribution in [0, 0.1) is 5.92 Å². The van der Waals surface area contributed by atoms with Gasteiger partial charge in [-0.1, -0.05) is 11.6 Å². The van der Waals surface area contributed by atoms with Crippen LogP contribution >= 0.6 is 36.4 Å². The number of piperazine rings is 1. The summed E-state index contributed by atoms with van der Waals surface area (Å²) in [6, 6.07) is 3.35. The van der Waals surface area contributed by atoms with E-state index in [1.165, 1.54) is 0 Å². The molecule has 1 aliphatic heterocycles. The second kappa shape index (κ2) is 9.06. The van der Waals surface area contributed by atoms with Gasteiger partial charge in [-0.3, -0.25) is 4.79 Å². The number of pyridine rings is 1. The molecule has 24 heavy (non-hydrogen) atoms. The minimum Gasteiger partial charge on any atom is -0.391 e. The van der Waals surface area contributed by atoms with Crippen LogP contribution in [0.25, 0.3) is 0 Å². The lowest BCUT2D eigenvalue weighted by molar-refractivity contribution is -0.135. The van der Waals surface area contributed by atoms with E-state index < -0.39 is 6.10 Å². The number of rotatable bonds is 2. The molecule has 9 heteroatoms. The van der Waals surface area contributed by atoms with Gasteiger partial charge >= 0.3 is 0 Å². The molecule has 6 nitrogen and oxygen atoms in total. The largest absolute Gasteiger partial charge is 0.391 e. The quantitative estimate of drug-likeness (QED) is 0.786. The Bertz CT molecular complexity index is 545. The fourth-order valence-corrected chi connectivity index (χ4v) is 3.50. The highest BCUT2D eigenvalue weighted by Gasteiger charge is 2.37. The maximum absolute atomic E-state index is 12.5. The van der Waals surface area contributed by atoms with Crippen LogP contribution in [0.2, 0.25) is 5.02 Å². The summed E-state index contributed by atoms with van der Waals surface area (Å²) in [6.07, 6.45) is 2.22. The predicted octanol–water partition coefficient (Wildman–Crippen LogP) is 1.33. The van der Waals surface area contributed by atoms with E-state index >= 15 is 0 Å². The smallest absolute Gasteiger partial charge is 0.225 e. The van der Waals surface area contributed by atoms with Crippen molar-refractivity contribution in [2.45, 2.75) is 25.0 Å². The molecule has 0 radical (unpaired) electrons. The zero-order valence-corrected chi connectivity index (χ0v) is 15.6. The first-order valence-corrected chi connectivity index (χ1v) is 8.02. The van der Waals surface area contributed by atoms with E-state index in [0.717, 1.165) is 5.82 Å². The first-order valence-electron chi connectivity index (χ1n) is 7.64. The summed E-state index contributed by atoms with van der Waals surface area (Å²) in [6.45, 7) is 2.72. The molecule has 2 heterocycles. The molecule has 1 saturated heterocycles. The van der Waals surface area contributed by atoms with Gasteiger partial charge in [0.05, 0.1) is 11.1 Å². The number of aliphatic hydroxyl groups is 1. The number of hydrogen-bond donors (Lipinski definition) is 2. The number of carbonyl (C=O) groups is 1. The van der Waals surface area contributed by atoms with Gasteiger partial charge < -0.3 is 20.6 Å². The average Bonchev–Trinajstić information content (AvgIpc) is 2.87. The van der Waals surface area contributed by atoms with Crippen LogP contribution in [0.4, 0.5) is 5.82 Å². The molecule has 1 amide bonds. The topological polar surface area (TPSA) is 82.7 Å². The first kappa shape index (κ1) is 21.3. The Morgan fingerprint density at radius 2 is 1.92 bits per heavy atom. The molecule has 3 atom stereocenters. The van der Waals surface area contributed by atoms with Gasteiger partial charge in [-0.15, -0.1) is 24.8 Å². The lowest BCUT2D eigenvalue weighted by Gasteiger charge is -2.36. The van der Waals surface area contributed by atoms with E-state index in [0.29, 0.717) is 44.0 Å². The van der Waals surface area contributed by atoms with Crippen LogP contribution < -0.4 is 10.6 Å². The van der Waals surface area contributed by atoms with Crippen molar-refractivity contribution in [3.8, 4) is 0 Å². The van der Waals surface area contributed by atoms with Gasteiger partial charge in [0.25, 0.3) is 0 Å². The van der Waals surface area contributed by atoms with Crippen LogP contribution in [0.3, 0.4) is 0 Å². The van der Waals surface area contributed by atoms with E-state index in [4.69, 9.17) is 17.3 Å². The normalized spacial score (nSPS) is 26.5. The number of aromatic nitrogens is 1. The van der Waals surface area contributed by atoms with Gasteiger partial charge in [0, 0.05) is 44.3 Å². The van der Waals surface area contributed by atoms with Crippen molar-refractivity contribution in [1.29, 1.82) is 0 Å². The van der Waals surface area contributed by atoms with E-state index in [2.05, 4.69) is 9.88 Å². The number of anilines is 1. The molecule has 0 aromatic carbocycles. The Kier molecular flexibility index (Phi) is 8.02. The number of hydrogen-bond acceptors (Lipinski definition) is 5. The number of carbonyl (C=O) groups excluding carboxylic acids is 1. The van der Waals surface area contributed by atoms with Crippen LogP contribution in [0.1, 0.15) is 12.8 Å². The summed E-state index contributed by atoms with van der Waals surface area (Å²) in [5.74, 6) is 0.739. The summed E-state index contributed by atoms with van der Waals surface area (Å²) >= 11 is 6.17. The minimum absolute atomic E-state index is 0. The standard InChI is InChI=1S/C15H21ClN4O2.2ClH/c16-11-2-1-3-18-14(11)19-4-6-20(7-5-19)15(22)10-8-12(17)13(21)9-10;;/h1-3,10,12-13,21H,4-9,17H2;2*1H/t10-,12-,13-;;/m0../s1. The molecular formula is C15H23Cl3N4O2. The minimum atomic E-state index is -0.553. The van der Waals surface area contributed by atoms with Gasteiger partial charge in [-0.25, -0.2) is 4.98 Å². The number of nitrogens with zero attached hydrogens (tertiary/aromatic N) is 3. The molecule has 1 saturated carbocycles. The molecule has 3 N–H and O–H groups in total. The molecule has 3 rings (SSSR count). The van der Waals surface area contributed by atoms with Gasteiger partial charge in [0.2, 0.25) is 5.91 Å². The number of nitrogens with two attached hydrogens (primary N) is 1. The summed E-state index contributed by atoms with van der Waals surface area (Å²) in [5.41, 5.74) is 5.80. The van der Waals surface area contributed by atoms with Crippen molar-refractivity contribution < 1.29 is 9.90 Å². The third-order valence-corrected chi connectivity index (χ3v) is 4.85. The highest BCUT2D eigenvalue weighted by molar-refractivity contribution is 6.32. The van der Waals surface area contributed by atoms with E-state index in [9.17, 15) is 9.90 Å². The Balaban J connectivity index is 0.00000144. The molecule has 1 aromatic heterocycles. The second-order valence-corrected chi connectivity index (χ2v) is 6.43. The molecule has 1 aliphatic carbocycles. The van der Waals surface area contributed by atoms with Gasteiger partial charge in [0.15, 0.2) is 0 Å². The molecule has 0 unspecified atom stereocenters. The fourth-order valence-electron chi connectivity index (χ4n) is 3.26. The monoisotopic (exact) mass is 396 g/mol. The highest BCUT2D eigenvalue weighted by atomic mass is 35.5. The maximum atomic E-state index is 12.5. The van der Waals surface area contributed by atoms with E-state index in [-0.39, 0.29) is 42.7 Å². The molecule has 2 aliphatic rings. The van der Waals surface area contributed by atoms with Crippen molar-refractivity contribution in [3.63, 3.8) is 0 Å². The third kappa shape index (κ3) is 4.43. The van der Waals surface area contributed by atoms with Crippen LogP contribution in [-0.2, 0) is 4.79 Å². The summed E-state index contributed by atoms with van der Waals surface area (Å²) in [4.78, 5) is 20.8. The Hall–Kier alpha value is -0.790. The third-order valence-electron chi connectivity index (χ3n) is 4.56. The van der Waals surface area contributed by atoms with Crippen LogP contribution in [0.5, 0.6) is 0 Å². The molecule has 136 valence electrons. The lowest BCUT2D eigenvalue weighted by atomic mass is 10.1. The Labute approximate surface area is 159 Å². The first-order chi connectivity index (χ1) is 10.6. The van der Waals surface area contributed by atoms with Crippen LogP contribution in [0.15, 0.2) is 18.3 Å². The Morgan fingerprint density at radius 3 is 2.46 bits per heavy atom. The number of amides is 1. The van der Waals surface area contributed by atoms with Crippen molar-refractivity contribution in [1.82, 2.24) is 9.88 Å². The predicted molar refractivity (Wildman–Crippen MR) is 99.2 cm³/mol. The number of aliphatic hydroxyl groups excluding tert-OH is 1.